The molecule has 1 saturated heterocycles. The minimum atomic E-state index is -1.04. The Morgan fingerprint density at radius 1 is 1.61 bits per heavy atom. The average Bonchev–Trinajstić information content (AvgIpc) is 2.86. The molecule has 0 amide bonds. The van der Waals surface area contributed by atoms with E-state index in [1.54, 1.807) is 23.1 Å². The second kappa shape index (κ2) is 5.76. The van der Waals surface area contributed by atoms with Crippen molar-refractivity contribution in [3.8, 4) is 11.8 Å². The summed E-state index contributed by atoms with van der Waals surface area (Å²) in [5, 5.41) is 21.1. The summed E-state index contributed by atoms with van der Waals surface area (Å²) < 4.78 is 5.34. The fourth-order valence-corrected chi connectivity index (χ4v) is 3.16. The largest absolute Gasteiger partial charge is 0.544 e. The molecule has 5 nitrogen and oxygen atoms in total. The molecule has 2 rings (SSSR count). The van der Waals surface area contributed by atoms with Crippen molar-refractivity contribution in [3.63, 3.8) is 0 Å². The molecule has 1 aromatic carbocycles. The molecule has 2 N–H and O–H groups in total. The van der Waals surface area contributed by atoms with Crippen molar-refractivity contribution in [2.24, 2.45) is 0 Å². The third-order valence-corrected chi connectivity index (χ3v) is 4.00. The molecule has 0 saturated carbocycles. The van der Waals surface area contributed by atoms with Gasteiger partial charge in [0.15, 0.2) is 12.0 Å². The maximum atomic E-state index is 10.8. The summed E-state index contributed by atoms with van der Waals surface area (Å²) in [6, 6.07) is 8.76. The van der Waals surface area contributed by atoms with E-state index in [0.717, 1.165) is 5.56 Å². The molecule has 1 aliphatic heterocycles. The Labute approximate surface area is 109 Å². The summed E-state index contributed by atoms with van der Waals surface area (Å²) in [5.74, 6) is 0.103. The van der Waals surface area contributed by atoms with Crippen LogP contribution in [0.5, 0.6) is 5.75 Å². The number of quaternary nitrogens is 1. The normalized spacial score (nSPS) is 22.4. The number of carbonyl (C=O) groups excluding carboxylic acids is 1. The van der Waals surface area contributed by atoms with Crippen molar-refractivity contribution in [1.29, 1.82) is 5.26 Å². The molecule has 1 aromatic rings. The Morgan fingerprint density at radius 2 is 2.39 bits per heavy atom. The molecule has 1 heterocycles. The highest BCUT2D eigenvalue weighted by atomic mass is 32.2. The average molecular weight is 264 g/mol. The molecule has 0 spiro atoms. The molecule has 6 heteroatoms. The van der Waals surface area contributed by atoms with Gasteiger partial charge in [-0.3, -0.25) is 0 Å². The molecule has 18 heavy (non-hydrogen) atoms. The van der Waals surface area contributed by atoms with Gasteiger partial charge >= 0.3 is 0 Å². The highest BCUT2D eigenvalue weighted by Gasteiger charge is 2.32. The van der Waals surface area contributed by atoms with Crippen molar-refractivity contribution in [3.05, 3.63) is 29.8 Å². The van der Waals surface area contributed by atoms with Gasteiger partial charge in [-0.15, -0.1) is 0 Å². The zero-order chi connectivity index (χ0) is 13.0. The molecule has 1 aliphatic rings. The Morgan fingerprint density at radius 3 is 3.06 bits per heavy atom. The van der Waals surface area contributed by atoms with Crippen LogP contribution in [0.2, 0.25) is 0 Å². The third kappa shape index (κ3) is 2.75. The summed E-state index contributed by atoms with van der Waals surface area (Å²) >= 11 is 1.54. The number of carboxylic acid groups (broad SMARTS) is 1. The summed E-state index contributed by atoms with van der Waals surface area (Å²) in [6.07, 6.45) is 0. The second-order valence-corrected chi connectivity index (χ2v) is 5.03. The molecule has 0 aliphatic carbocycles. The number of para-hydroxylation sites is 1. The van der Waals surface area contributed by atoms with E-state index in [-0.39, 0.29) is 12.0 Å². The van der Waals surface area contributed by atoms with Crippen LogP contribution in [0.4, 0.5) is 0 Å². The van der Waals surface area contributed by atoms with Gasteiger partial charge in [-0.25, -0.2) is 0 Å². The Kier molecular flexibility index (Phi) is 4.07. The van der Waals surface area contributed by atoms with Crippen LogP contribution in [-0.4, -0.2) is 24.4 Å². The van der Waals surface area contributed by atoms with E-state index < -0.39 is 12.0 Å². The number of carboxylic acids is 1. The molecule has 0 aromatic heterocycles. The molecule has 0 radical (unpaired) electrons. The maximum absolute atomic E-state index is 10.8. The van der Waals surface area contributed by atoms with Crippen LogP contribution in [-0.2, 0) is 4.79 Å². The standard InChI is InChI=1S/C12H12N2O3S/c13-5-6-17-10-4-2-1-3-8(10)11-14-9(7-18-11)12(15)16/h1-4,9,11,14H,6-7H2,(H,15,16)/t9-,11+/m0/s1. The first-order chi connectivity index (χ1) is 8.72. The van der Waals surface area contributed by atoms with E-state index in [4.69, 9.17) is 10.00 Å². The highest BCUT2D eigenvalue weighted by Crippen LogP contribution is 2.32. The fourth-order valence-electron chi connectivity index (χ4n) is 1.83. The zero-order valence-corrected chi connectivity index (χ0v) is 10.4. The lowest BCUT2D eigenvalue weighted by Gasteiger charge is -2.14. The number of aliphatic carboxylic acids is 1. The van der Waals surface area contributed by atoms with Gasteiger partial charge in [0.25, 0.3) is 0 Å². The van der Waals surface area contributed by atoms with Crippen LogP contribution in [0, 0.1) is 11.3 Å². The van der Waals surface area contributed by atoms with E-state index in [0.29, 0.717) is 11.5 Å². The van der Waals surface area contributed by atoms with Gasteiger partial charge in [0.05, 0.1) is 11.3 Å². The van der Waals surface area contributed by atoms with Crippen molar-refractivity contribution in [1.82, 2.24) is 0 Å². The van der Waals surface area contributed by atoms with Crippen molar-refractivity contribution in [2.45, 2.75) is 11.4 Å². The maximum Gasteiger partial charge on any atom is 0.174 e. The quantitative estimate of drug-likeness (QED) is 0.754. The number of carbonyl (C=O) groups is 1. The molecule has 2 atom stereocenters. The molecule has 0 bridgehead atoms. The lowest BCUT2D eigenvalue weighted by atomic mass is 10.2. The van der Waals surface area contributed by atoms with Gasteiger partial charge in [0, 0.05) is 0 Å². The first-order valence-corrected chi connectivity index (χ1v) is 6.53. The van der Waals surface area contributed by atoms with E-state index in [1.807, 2.05) is 24.3 Å². The topological polar surface area (TPSA) is 89.8 Å². The van der Waals surface area contributed by atoms with Crippen LogP contribution < -0.4 is 15.2 Å². The smallest absolute Gasteiger partial charge is 0.174 e. The van der Waals surface area contributed by atoms with Crippen LogP contribution >= 0.6 is 11.8 Å². The van der Waals surface area contributed by atoms with Crippen LogP contribution in [0.1, 0.15) is 10.9 Å². The predicted octanol–water partition coefficient (Wildman–Crippen LogP) is -0.984. The third-order valence-electron chi connectivity index (χ3n) is 2.68. The lowest BCUT2D eigenvalue weighted by molar-refractivity contribution is -0.690. The van der Waals surface area contributed by atoms with E-state index >= 15 is 0 Å². The first-order valence-electron chi connectivity index (χ1n) is 5.48. The molecule has 94 valence electrons. The predicted molar refractivity (Wildman–Crippen MR) is 63.5 cm³/mol. The van der Waals surface area contributed by atoms with Crippen molar-refractivity contribution >= 4 is 17.7 Å². The fraction of sp³-hybridized carbons (Fsp3) is 0.333. The second-order valence-electron chi connectivity index (χ2n) is 3.86. The molecular formula is C12H12N2O3S. The van der Waals surface area contributed by atoms with Crippen LogP contribution in [0.3, 0.4) is 0 Å². The Bertz CT molecular complexity index is 486. The lowest BCUT2D eigenvalue weighted by Crippen LogP contribution is -2.90. The SMILES string of the molecule is N#CCOc1ccccc1[C@@H]1[NH2+][C@H](C(=O)[O-])CS1. The Balaban J connectivity index is 2.14. The Hall–Kier alpha value is -1.71. The molecule has 0 unspecified atom stereocenters. The number of nitrogens with two attached hydrogens (primary N) is 1. The summed E-state index contributed by atoms with van der Waals surface area (Å²) in [5.41, 5.74) is 0.904. The van der Waals surface area contributed by atoms with E-state index in [9.17, 15) is 9.90 Å². The summed E-state index contributed by atoms with van der Waals surface area (Å²) in [4.78, 5) is 10.8. The number of nitrogens with zero attached hydrogens (tertiary/aromatic N) is 1. The van der Waals surface area contributed by atoms with Gasteiger partial charge in [-0.2, -0.15) is 5.26 Å². The zero-order valence-electron chi connectivity index (χ0n) is 9.54. The van der Waals surface area contributed by atoms with E-state index in [2.05, 4.69) is 0 Å². The first kappa shape index (κ1) is 12.7. The number of hydrogen-bond acceptors (Lipinski definition) is 5. The number of thioether (sulfide) groups is 1. The minimum Gasteiger partial charge on any atom is -0.544 e. The number of benzene rings is 1. The summed E-state index contributed by atoms with van der Waals surface area (Å²) in [6.45, 7) is -0.0156. The van der Waals surface area contributed by atoms with Gasteiger partial charge in [0.1, 0.15) is 23.8 Å². The molecule has 1 fully saturated rings. The minimum absolute atomic E-state index is 0.0156. The monoisotopic (exact) mass is 264 g/mol. The molecular weight excluding hydrogens is 252 g/mol. The van der Waals surface area contributed by atoms with E-state index in [1.165, 1.54) is 0 Å². The summed E-state index contributed by atoms with van der Waals surface area (Å²) in [7, 11) is 0. The van der Waals surface area contributed by atoms with Gasteiger partial charge in [-0.05, 0) is 12.1 Å². The van der Waals surface area contributed by atoms with Crippen LogP contribution in [0.15, 0.2) is 24.3 Å². The van der Waals surface area contributed by atoms with Gasteiger partial charge < -0.3 is 20.0 Å². The van der Waals surface area contributed by atoms with Gasteiger partial charge in [0.2, 0.25) is 0 Å². The van der Waals surface area contributed by atoms with Crippen molar-refractivity contribution < 1.29 is 20.0 Å². The van der Waals surface area contributed by atoms with Crippen LogP contribution in [0.25, 0.3) is 0 Å². The number of ether oxygens (including phenoxy) is 1. The van der Waals surface area contributed by atoms with Crippen molar-refractivity contribution in [2.75, 3.05) is 12.4 Å². The highest BCUT2D eigenvalue weighted by molar-refractivity contribution is 7.99. The number of nitriles is 1. The number of rotatable bonds is 4. The van der Waals surface area contributed by atoms with Gasteiger partial charge in [-0.1, -0.05) is 23.9 Å². The number of hydrogen-bond donors (Lipinski definition) is 1.